The third kappa shape index (κ3) is 4.27. The summed E-state index contributed by atoms with van der Waals surface area (Å²) in [6.07, 6.45) is 0.0934. The van der Waals surface area contributed by atoms with Crippen molar-refractivity contribution in [3.05, 3.63) is 32.3 Å². The Kier molecular flexibility index (Phi) is 6.08. The number of rotatable bonds is 8. The summed E-state index contributed by atoms with van der Waals surface area (Å²) in [5, 5.41) is 4.42. The van der Waals surface area contributed by atoms with Gasteiger partial charge < -0.3 is 19.8 Å². The second kappa shape index (κ2) is 8.04. The van der Waals surface area contributed by atoms with Gasteiger partial charge in [-0.25, -0.2) is 4.79 Å². The minimum atomic E-state index is -0.495. The molecule has 2 rings (SSSR count). The van der Waals surface area contributed by atoms with E-state index in [-0.39, 0.29) is 31.0 Å². The van der Waals surface area contributed by atoms with Gasteiger partial charge in [-0.1, -0.05) is 0 Å². The van der Waals surface area contributed by atoms with E-state index in [9.17, 15) is 14.4 Å². The van der Waals surface area contributed by atoms with Crippen LogP contribution in [-0.4, -0.2) is 42.5 Å². The van der Waals surface area contributed by atoms with Gasteiger partial charge in [0.05, 0.1) is 12.1 Å². The predicted octanol–water partition coefficient (Wildman–Crippen LogP) is 0.267. The van der Waals surface area contributed by atoms with Crippen molar-refractivity contribution in [1.82, 2.24) is 14.9 Å². The van der Waals surface area contributed by atoms with Crippen LogP contribution in [0.4, 0.5) is 0 Å². The zero-order chi connectivity index (χ0) is 16.8. The van der Waals surface area contributed by atoms with Crippen LogP contribution < -0.4 is 16.6 Å². The molecular formula is C14H19N3O5S. The lowest BCUT2D eigenvalue weighted by atomic mass is 10.3. The van der Waals surface area contributed by atoms with Crippen LogP contribution in [0.25, 0.3) is 10.2 Å². The van der Waals surface area contributed by atoms with E-state index >= 15 is 0 Å². The van der Waals surface area contributed by atoms with Crippen molar-refractivity contribution in [2.24, 2.45) is 0 Å². The number of thiophene rings is 1. The highest BCUT2D eigenvalue weighted by atomic mass is 32.1. The Labute approximate surface area is 136 Å². The van der Waals surface area contributed by atoms with Crippen molar-refractivity contribution in [3.8, 4) is 0 Å². The molecule has 0 radical (unpaired) electrons. The topological polar surface area (TPSA) is 102 Å². The van der Waals surface area contributed by atoms with Crippen molar-refractivity contribution < 1.29 is 14.3 Å². The standard InChI is InChI=1S/C14H19N3O5S/c1-21-11(22-2)8-15-10(18)4-3-6-17-13(19)12-9(5-7-23-12)16-14(17)20/h5,7,11H,3-4,6,8H2,1-2H3,(H,15,18)(H,16,20). The van der Waals surface area contributed by atoms with E-state index in [0.29, 0.717) is 16.6 Å². The molecular weight excluding hydrogens is 322 g/mol. The van der Waals surface area contributed by atoms with Crippen molar-refractivity contribution in [3.63, 3.8) is 0 Å². The first-order valence-corrected chi connectivity index (χ1v) is 7.97. The van der Waals surface area contributed by atoms with E-state index in [1.807, 2.05) is 0 Å². The van der Waals surface area contributed by atoms with Gasteiger partial charge in [-0.2, -0.15) is 0 Å². The summed E-state index contributed by atoms with van der Waals surface area (Å²) in [5.41, 5.74) is -0.234. The van der Waals surface area contributed by atoms with Crippen LogP contribution in [0, 0.1) is 0 Å². The minimum absolute atomic E-state index is 0.188. The van der Waals surface area contributed by atoms with Gasteiger partial charge in [-0.3, -0.25) is 14.2 Å². The first kappa shape index (κ1) is 17.4. The average molecular weight is 341 g/mol. The molecule has 2 aromatic rings. The SMILES string of the molecule is COC(CNC(=O)CCCn1c(=O)[nH]c2ccsc2c1=O)OC. The molecule has 0 aliphatic rings. The van der Waals surface area contributed by atoms with Crippen LogP contribution in [-0.2, 0) is 20.8 Å². The molecule has 0 aromatic carbocycles. The number of hydrogen-bond donors (Lipinski definition) is 2. The molecule has 0 bridgehead atoms. The summed E-state index contributed by atoms with van der Waals surface area (Å²) in [6, 6.07) is 1.70. The summed E-state index contributed by atoms with van der Waals surface area (Å²) in [6.45, 7) is 0.431. The Morgan fingerprint density at radius 3 is 2.83 bits per heavy atom. The highest BCUT2D eigenvalue weighted by molar-refractivity contribution is 7.17. The number of aromatic nitrogens is 2. The molecule has 2 aromatic heterocycles. The third-order valence-electron chi connectivity index (χ3n) is 3.37. The van der Waals surface area contributed by atoms with Gasteiger partial charge in [-0.05, 0) is 17.9 Å². The number of nitrogens with one attached hydrogen (secondary N) is 2. The van der Waals surface area contributed by atoms with Crippen molar-refractivity contribution >= 4 is 27.5 Å². The maximum atomic E-state index is 12.2. The van der Waals surface area contributed by atoms with E-state index < -0.39 is 12.0 Å². The highest BCUT2D eigenvalue weighted by Gasteiger charge is 2.10. The molecule has 8 nitrogen and oxygen atoms in total. The van der Waals surface area contributed by atoms with Gasteiger partial charge in [0.2, 0.25) is 5.91 Å². The van der Waals surface area contributed by atoms with Gasteiger partial charge in [0, 0.05) is 27.2 Å². The summed E-state index contributed by atoms with van der Waals surface area (Å²) < 4.78 is 11.6. The number of H-pyrrole nitrogens is 1. The van der Waals surface area contributed by atoms with Crippen molar-refractivity contribution in [2.75, 3.05) is 20.8 Å². The predicted molar refractivity (Wildman–Crippen MR) is 86.8 cm³/mol. The number of ether oxygens (including phenoxy) is 2. The maximum absolute atomic E-state index is 12.2. The largest absolute Gasteiger partial charge is 0.354 e. The van der Waals surface area contributed by atoms with E-state index in [0.717, 1.165) is 4.57 Å². The second-order valence-corrected chi connectivity index (χ2v) is 5.78. The zero-order valence-corrected chi connectivity index (χ0v) is 13.8. The van der Waals surface area contributed by atoms with E-state index in [4.69, 9.17) is 9.47 Å². The zero-order valence-electron chi connectivity index (χ0n) is 13.0. The Hall–Kier alpha value is -1.97. The number of methoxy groups -OCH3 is 2. The average Bonchev–Trinajstić information content (AvgIpc) is 3.00. The molecule has 0 unspecified atom stereocenters. The lowest BCUT2D eigenvalue weighted by molar-refractivity contribution is -0.127. The summed E-state index contributed by atoms with van der Waals surface area (Å²) in [5.74, 6) is -0.189. The Morgan fingerprint density at radius 2 is 2.13 bits per heavy atom. The molecule has 23 heavy (non-hydrogen) atoms. The first-order chi connectivity index (χ1) is 11.1. The molecule has 0 fully saturated rings. The normalized spacial score (nSPS) is 11.3. The summed E-state index contributed by atoms with van der Waals surface area (Å²) in [7, 11) is 2.97. The molecule has 2 heterocycles. The van der Waals surface area contributed by atoms with Gasteiger partial charge in [0.1, 0.15) is 4.70 Å². The fourth-order valence-corrected chi connectivity index (χ4v) is 2.92. The number of nitrogens with zero attached hydrogens (tertiary/aromatic N) is 1. The molecule has 0 aliphatic heterocycles. The van der Waals surface area contributed by atoms with Gasteiger partial charge in [0.25, 0.3) is 5.56 Å². The van der Waals surface area contributed by atoms with Crippen LogP contribution in [0.2, 0.25) is 0 Å². The quantitative estimate of drug-likeness (QED) is 0.671. The minimum Gasteiger partial charge on any atom is -0.354 e. The lowest BCUT2D eigenvalue weighted by Crippen LogP contribution is -2.36. The monoisotopic (exact) mass is 341 g/mol. The van der Waals surface area contributed by atoms with E-state index in [1.54, 1.807) is 11.4 Å². The summed E-state index contributed by atoms with van der Waals surface area (Å²) >= 11 is 1.28. The fourth-order valence-electron chi connectivity index (χ4n) is 2.12. The maximum Gasteiger partial charge on any atom is 0.328 e. The van der Waals surface area contributed by atoms with E-state index in [1.165, 1.54) is 25.6 Å². The fraction of sp³-hybridized carbons (Fsp3) is 0.500. The number of aromatic amines is 1. The number of carbonyl (C=O) groups excluding carboxylic acids is 1. The van der Waals surface area contributed by atoms with E-state index in [2.05, 4.69) is 10.3 Å². The van der Waals surface area contributed by atoms with Gasteiger partial charge >= 0.3 is 5.69 Å². The van der Waals surface area contributed by atoms with Crippen LogP contribution in [0.5, 0.6) is 0 Å². The number of amides is 1. The van der Waals surface area contributed by atoms with Crippen LogP contribution in [0.3, 0.4) is 0 Å². The molecule has 1 amide bonds. The van der Waals surface area contributed by atoms with Crippen LogP contribution in [0.15, 0.2) is 21.0 Å². The Balaban J connectivity index is 1.90. The van der Waals surface area contributed by atoms with Gasteiger partial charge in [0.15, 0.2) is 6.29 Å². The second-order valence-electron chi connectivity index (χ2n) is 4.86. The molecule has 2 N–H and O–H groups in total. The van der Waals surface area contributed by atoms with Gasteiger partial charge in [-0.15, -0.1) is 11.3 Å². The highest BCUT2D eigenvalue weighted by Crippen LogP contribution is 2.12. The number of fused-ring (bicyclic) bond motifs is 1. The van der Waals surface area contributed by atoms with Crippen LogP contribution >= 0.6 is 11.3 Å². The molecule has 0 spiro atoms. The number of carbonyl (C=O) groups is 1. The molecule has 0 atom stereocenters. The van der Waals surface area contributed by atoms with Crippen LogP contribution in [0.1, 0.15) is 12.8 Å². The lowest BCUT2D eigenvalue weighted by Gasteiger charge is -2.14. The number of hydrogen-bond acceptors (Lipinski definition) is 6. The smallest absolute Gasteiger partial charge is 0.328 e. The van der Waals surface area contributed by atoms with Crippen molar-refractivity contribution in [2.45, 2.75) is 25.7 Å². The Bertz CT molecular complexity index is 775. The Morgan fingerprint density at radius 1 is 1.39 bits per heavy atom. The first-order valence-electron chi connectivity index (χ1n) is 7.09. The molecule has 0 saturated heterocycles. The third-order valence-corrected chi connectivity index (χ3v) is 4.27. The molecule has 0 saturated carbocycles. The van der Waals surface area contributed by atoms with Crippen molar-refractivity contribution in [1.29, 1.82) is 0 Å². The summed E-state index contributed by atoms with van der Waals surface area (Å²) in [4.78, 5) is 38.5. The molecule has 126 valence electrons. The molecule has 0 aliphatic carbocycles. The molecule has 9 heteroatoms.